The van der Waals surface area contributed by atoms with E-state index in [1.54, 1.807) is 30.5 Å². The van der Waals surface area contributed by atoms with E-state index in [1.807, 2.05) is 12.1 Å². The molecule has 86 valence electrons. The van der Waals surface area contributed by atoms with Crippen LogP contribution < -0.4 is 9.47 Å². The van der Waals surface area contributed by atoms with E-state index in [9.17, 15) is 0 Å². The molecule has 0 unspecified atom stereocenters. The van der Waals surface area contributed by atoms with Gasteiger partial charge in [-0.05, 0) is 24.3 Å². The second-order valence-electron chi connectivity index (χ2n) is 3.35. The molecular formula is C13H11NO3. The Hall–Kier alpha value is -2.41. The lowest BCUT2D eigenvalue weighted by atomic mass is 10.2. The molecule has 1 aromatic heterocycles. The quantitative estimate of drug-likeness (QED) is 0.808. The Morgan fingerprint density at radius 2 is 2.18 bits per heavy atom. The van der Waals surface area contributed by atoms with Crippen LogP contribution in [0.5, 0.6) is 11.5 Å². The van der Waals surface area contributed by atoms with E-state index in [0.29, 0.717) is 23.7 Å². The van der Waals surface area contributed by atoms with Crippen LogP contribution in [-0.2, 0) is 6.61 Å². The first kappa shape index (κ1) is 11.1. The van der Waals surface area contributed by atoms with E-state index in [1.165, 1.54) is 7.11 Å². The summed E-state index contributed by atoms with van der Waals surface area (Å²) in [5.41, 5.74) is 0.534. The second-order valence-corrected chi connectivity index (χ2v) is 3.35. The summed E-state index contributed by atoms with van der Waals surface area (Å²) in [6, 6.07) is 10.7. The molecular weight excluding hydrogens is 218 g/mol. The molecule has 0 saturated carbocycles. The number of nitrogens with zero attached hydrogens (tertiary/aromatic N) is 1. The third-order valence-electron chi connectivity index (χ3n) is 2.24. The topological polar surface area (TPSA) is 55.4 Å². The number of ether oxygens (including phenoxy) is 2. The molecule has 0 atom stereocenters. The van der Waals surface area contributed by atoms with Crippen LogP contribution in [0.4, 0.5) is 0 Å². The van der Waals surface area contributed by atoms with Gasteiger partial charge in [0.05, 0.1) is 25.0 Å². The first-order chi connectivity index (χ1) is 8.33. The average molecular weight is 229 g/mol. The lowest BCUT2D eigenvalue weighted by Gasteiger charge is -2.09. The summed E-state index contributed by atoms with van der Waals surface area (Å²) in [7, 11) is 1.54. The van der Waals surface area contributed by atoms with E-state index in [2.05, 4.69) is 0 Å². The highest BCUT2D eigenvalue weighted by atomic mass is 16.5. The maximum absolute atomic E-state index is 8.77. The van der Waals surface area contributed by atoms with Crippen molar-refractivity contribution in [2.24, 2.45) is 0 Å². The van der Waals surface area contributed by atoms with Gasteiger partial charge in [0, 0.05) is 6.07 Å². The number of hydrogen-bond donors (Lipinski definition) is 0. The third kappa shape index (κ3) is 2.58. The van der Waals surface area contributed by atoms with Crippen molar-refractivity contribution >= 4 is 0 Å². The molecule has 0 N–H and O–H groups in total. The number of furan rings is 1. The van der Waals surface area contributed by atoms with Crippen LogP contribution in [0.3, 0.4) is 0 Å². The Morgan fingerprint density at radius 3 is 2.82 bits per heavy atom. The van der Waals surface area contributed by atoms with Gasteiger partial charge in [0.25, 0.3) is 0 Å². The lowest BCUT2D eigenvalue weighted by Crippen LogP contribution is -1.96. The van der Waals surface area contributed by atoms with Gasteiger partial charge in [0.1, 0.15) is 12.4 Å². The molecule has 0 aliphatic rings. The maximum Gasteiger partial charge on any atom is 0.162 e. The molecule has 0 fully saturated rings. The van der Waals surface area contributed by atoms with Crippen molar-refractivity contribution in [2.75, 3.05) is 7.11 Å². The van der Waals surface area contributed by atoms with E-state index in [0.717, 1.165) is 5.76 Å². The summed E-state index contributed by atoms with van der Waals surface area (Å²) in [6.45, 7) is 0.329. The minimum Gasteiger partial charge on any atom is -0.493 e. The molecule has 1 aromatic carbocycles. The third-order valence-corrected chi connectivity index (χ3v) is 2.24. The first-order valence-electron chi connectivity index (χ1n) is 5.07. The zero-order valence-corrected chi connectivity index (χ0v) is 9.34. The van der Waals surface area contributed by atoms with Crippen LogP contribution in [0, 0.1) is 11.3 Å². The van der Waals surface area contributed by atoms with E-state index in [-0.39, 0.29) is 0 Å². The van der Waals surface area contributed by atoms with Crippen molar-refractivity contribution in [3.05, 3.63) is 47.9 Å². The van der Waals surface area contributed by atoms with Gasteiger partial charge in [0.15, 0.2) is 11.5 Å². The fourth-order valence-electron chi connectivity index (χ4n) is 1.40. The molecule has 4 heteroatoms. The lowest BCUT2D eigenvalue weighted by molar-refractivity contribution is 0.256. The summed E-state index contributed by atoms with van der Waals surface area (Å²) in [5, 5.41) is 8.77. The van der Waals surface area contributed by atoms with Crippen LogP contribution in [0.2, 0.25) is 0 Å². The SMILES string of the molecule is COc1cc(C#N)ccc1OCc1ccco1. The van der Waals surface area contributed by atoms with Crippen molar-refractivity contribution in [2.45, 2.75) is 6.61 Å². The predicted molar refractivity (Wildman–Crippen MR) is 60.7 cm³/mol. The summed E-state index contributed by atoms with van der Waals surface area (Å²) < 4.78 is 15.9. The van der Waals surface area contributed by atoms with Crippen LogP contribution in [0.25, 0.3) is 0 Å². The van der Waals surface area contributed by atoms with Gasteiger partial charge in [-0.1, -0.05) is 0 Å². The molecule has 2 rings (SSSR count). The summed E-state index contributed by atoms with van der Waals surface area (Å²) >= 11 is 0. The zero-order valence-electron chi connectivity index (χ0n) is 9.34. The molecule has 0 aliphatic heterocycles. The van der Waals surface area contributed by atoms with E-state index in [4.69, 9.17) is 19.2 Å². The van der Waals surface area contributed by atoms with Gasteiger partial charge in [-0.25, -0.2) is 0 Å². The van der Waals surface area contributed by atoms with Crippen molar-refractivity contribution in [1.29, 1.82) is 5.26 Å². The second kappa shape index (κ2) is 5.08. The molecule has 0 aliphatic carbocycles. The van der Waals surface area contributed by atoms with Crippen LogP contribution in [0.1, 0.15) is 11.3 Å². The molecule has 0 radical (unpaired) electrons. The molecule has 1 heterocycles. The molecule has 0 saturated heterocycles. The zero-order chi connectivity index (χ0) is 12.1. The first-order valence-corrected chi connectivity index (χ1v) is 5.07. The maximum atomic E-state index is 8.77. The fraction of sp³-hybridized carbons (Fsp3) is 0.154. The molecule has 0 spiro atoms. The van der Waals surface area contributed by atoms with Gasteiger partial charge in [-0.15, -0.1) is 0 Å². The van der Waals surface area contributed by atoms with Crippen molar-refractivity contribution in [1.82, 2.24) is 0 Å². The van der Waals surface area contributed by atoms with Crippen LogP contribution in [-0.4, -0.2) is 7.11 Å². The molecule has 4 nitrogen and oxygen atoms in total. The Labute approximate surface area is 99.0 Å². The Bertz CT molecular complexity index is 526. The van der Waals surface area contributed by atoms with Crippen molar-refractivity contribution in [3.63, 3.8) is 0 Å². The van der Waals surface area contributed by atoms with Gasteiger partial charge in [-0.3, -0.25) is 0 Å². The molecule has 2 aromatic rings. The van der Waals surface area contributed by atoms with Gasteiger partial charge in [0.2, 0.25) is 0 Å². The number of hydrogen-bond acceptors (Lipinski definition) is 4. The molecule has 0 bridgehead atoms. The Kier molecular flexibility index (Phi) is 3.31. The normalized spacial score (nSPS) is 9.65. The number of nitriles is 1. The minimum absolute atomic E-state index is 0.329. The van der Waals surface area contributed by atoms with Gasteiger partial charge >= 0.3 is 0 Å². The Balaban J connectivity index is 2.13. The van der Waals surface area contributed by atoms with E-state index < -0.39 is 0 Å². The average Bonchev–Trinajstić information content (AvgIpc) is 2.89. The standard InChI is InChI=1S/C13H11NO3/c1-15-13-7-10(8-14)4-5-12(13)17-9-11-3-2-6-16-11/h2-7H,9H2,1H3. The van der Waals surface area contributed by atoms with Gasteiger partial charge in [-0.2, -0.15) is 5.26 Å². The smallest absolute Gasteiger partial charge is 0.162 e. The highest BCUT2D eigenvalue weighted by Crippen LogP contribution is 2.28. The fourth-order valence-corrected chi connectivity index (χ4v) is 1.40. The number of rotatable bonds is 4. The summed E-state index contributed by atoms with van der Waals surface area (Å²) in [6.07, 6.45) is 1.59. The largest absolute Gasteiger partial charge is 0.493 e. The van der Waals surface area contributed by atoms with Crippen LogP contribution >= 0.6 is 0 Å². The van der Waals surface area contributed by atoms with Crippen molar-refractivity contribution in [3.8, 4) is 17.6 Å². The highest BCUT2D eigenvalue weighted by Gasteiger charge is 2.06. The van der Waals surface area contributed by atoms with Crippen molar-refractivity contribution < 1.29 is 13.9 Å². The summed E-state index contributed by atoms with van der Waals surface area (Å²) in [5.74, 6) is 1.86. The highest BCUT2D eigenvalue weighted by molar-refractivity contribution is 5.46. The molecule has 0 amide bonds. The van der Waals surface area contributed by atoms with Crippen LogP contribution in [0.15, 0.2) is 41.0 Å². The minimum atomic E-state index is 0.329. The van der Waals surface area contributed by atoms with E-state index >= 15 is 0 Å². The number of methoxy groups -OCH3 is 1. The van der Waals surface area contributed by atoms with Gasteiger partial charge < -0.3 is 13.9 Å². The predicted octanol–water partition coefficient (Wildman–Crippen LogP) is 2.74. The summed E-state index contributed by atoms with van der Waals surface area (Å²) in [4.78, 5) is 0. The number of benzene rings is 1. The monoisotopic (exact) mass is 229 g/mol. The Morgan fingerprint density at radius 1 is 1.29 bits per heavy atom. The molecule has 17 heavy (non-hydrogen) atoms.